The van der Waals surface area contributed by atoms with E-state index >= 15 is 0 Å². The topological polar surface area (TPSA) is 88.7 Å². The van der Waals surface area contributed by atoms with Crippen LogP contribution in [0, 0.1) is 6.92 Å². The summed E-state index contributed by atoms with van der Waals surface area (Å²) in [5.74, 6) is 0.861. The van der Waals surface area contributed by atoms with E-state index in [0.717, 1.165) is 27.2 Å². The van der Waals surface area contributed by atoms with Gasteiger partial charge < -0.3 is 21.1 Å². The highest BCUT2D eigenvalue weighted by Gasteiger charge is 2.05. The number of anilines is 2. The molecule has 0 aromatic heterocycles. The molecule has 0 aliphatic rings. The van der Waals surface area contributed by atoms with Gasteiger partial charge in [0.2, 0.25) is 5.91 Å². The number of nitrogens with one attached hydrogen (secondary N) is 2. The first kappa shape index (κ1) is 18.8. The van der Waals surface area contributed by atoms with E-state index in [9.17, 15) is 4.79 Å². The Labute approximate surface area is 155 Å². The first-order valence-electron chi connectivity index (χ1n) is 7.75. The zero-order valence-corrected chi connectivity index (χ0v) is 15.8. The minimum absolute atomic E-state index is 0.112. The van der Waals surface area contributed by atoms with Crippen molar-refractivity contribution in [2.45, 2.75) is 13.3 Å². The number of rotatable bonds is 6. The Morgan fingerprint density at radius 1 is 1.24 bits per heavy atom. The van der Waals surface area contributed by atoms with E-state index in [0.29, 0.717) is 6.54 Å². The predicted molar refractivity (Wildman–Crippen MR) is 105 cm³/mol. The van der Waals surface area contributed by atoms with Gasteiger partial charge in [-0.2, -0.15) is 0 Å². The summed E-state index contributed by atoms with van der Waals surface area (Å²) in [4.78, 5) is 16.2. The largest absolute Gasteiger partial charge is 0.497 e. The van der Waals surface area contributed by atoms with E-state index in [-0.39, 0.29) is 18.3 Å². The molecule has 1 amide bonds. The van der Waals surface area contributed by atoms with Gasteiger partial charge in [-0.1, -0.05) is 28.1 Å². The number of aliphatic imine (C=N–C) groups is 1. The minimum atomic E-state index is -0.112. The maximum atomic E-state index is 12.0. The van der Waals surface area contributed by atoms with Gasteiger partial charge in [-0.25, -0.2) is 0 Å². The van der Waals surface area contributed by atoms with Crippen molar-refractivity contribution in [1.82, 2.24) is 0 Å². The second kappa shape index (κ2) is 9.08. The minimum Gasteiger partial charge on any atom is -0.497 e. The van der Waals surface area contributed by atoms with Crippen LogP contribution in [-0.4, -0.2) is 25.5 Å². The lowest BCUT2D eigenvalue weighted by Gasteiger charge is -2.09. The second-order valence-corrected chi connectivity index (χ2v) is 6.30. The number of guanidine groups is 1. The maximum Gasteiger partial charge on any atom is 0.226 e. The zero-order valence-electron chi connectivity index (χ0n) is 14.2. The molecule has 2 aromatic rings. The summed E-state index contributed by atoms with van der Waals surface area (Å²) < 4.78 is 6.06. The van der Waals surface area contributed by atoms with Crippen molar-refractivity contribution in [2.24, 2.45) is 10.7 Å². The molecule has 0 bridgehead atoms. The van der Waals surface area contributed by atoms with Crippen LogP contribution in [0.25, 0.3) is 0 Å². The molecule has 132 valence electrons. The number of methoxy groups -OCH3 is 1. The maximum absolute atomic E-state index is 12.0. The van der Waals surface area contributed by atoms with E-state index in [1.807, 2.05) is 49.4 Å². The number of ether oxygens (including phenoxy) is 1. The first-order valence-corrected chi connectivity index (χ1v) is 8.54. The van der Waals surface area contributed by atoms with E-state index in [1.165, 1.54) is 0 Å². The van der Waals surface area contributed by atoms with Gasteiger partial charge in [0.1, 0.15) is 5.75 Å². The smallest absolute Gasteiger partial charge is 0.226 e. The van der Waals surface area contributed by atoms with Gasteiger partial charge in [-0.05, 0) is 36.8 Å². The van der Waals surface area contributed by atoms with Gasteiger partial charge in [0.15, 0.2) is 5.96 Å². The van der Waals surface area contributed by atoms with Gasteiger partial charge in [0, 0.05) is 28.3 Å². The number of carbonyl (C=O) groups excluding carboxylic acids is 1. The molecule has 7 heteroatoms. The third-order valence-electron chi connectivity index (χ3n) is 3.44. The lowest BCUT2D eigenvalue weighted by molar-refractivity contribution is -0.116. The molecule has 6 nitrogen and oxygen atoms in total. The third kappa shape index (κ3) is 6.11. The first-order chi connectivity index (χ1) is 12.0. The number of aryl methyl sites for hydroxylation is 1. The predicted octanol–water partition coefficient (Wildman–Crippen LogP) is 3.52. The van der Waals surface area contributed by atoms with Crippen molar-refractivity contribution in [2.75, 3.05) is 24.3 Å². The summed E-state index contributed by atoms with van der Waals surface area (Å²) in [6.45, 7) is 2.23. The van der Waals surface area contributed by atoms with Crippen molar-refractivity contribution in [1.29, 1.82) is 0 Å². The van der Waals surface area contributed by atoms with Gasteiger partial charge >= 0.3 is 0 Å². The molecule has 0 fully saturated rings. The van der Waals surface area contributed by atoms with Crippen LogP contribution in [0.1, 0.15) is 12.0 Å². The number of hydrogen-bond acceptors (Lipinski definition) is 3. The summed E-state index contributed by atoms with van der Waals surface area (Å²) in [5, 5.41) is 5.84. The Kier molecular flexibility index (Phi) is 6.82. The molecule has 2 aromatic carbocycles. The number of halogens is 1. The average Bonchev–Trinajstić information content (AvgIpc) is 2.58. The molecular formula is C18H21BrN4O2. The van der Waals surface area contributed by atoms with Crippen LogP contribution in [0.2, 0.25) is 0 Å². The fourth-order valence-electron chi connectivity index (χ4n) is 2.11. The summed E-state index contributed by atoms with van der Waals surface area (Å²) in [7, 11) is 1.60. The molecule has 0 spiro atoms. The molecule has 0 atom stereocenters. The molecule has 0 radical (unpaired) electrons. The van der Waals surface area contributed by atoms with E-state index < -0.39 is 0 Å². The van der Waals surface area contributed by atoms with Crippen LogP contribution in [0.5, 0.6) is 5.75 Å². The average molecular weight is 405 g/mol. The number of nitrogens with zero attached hydrogens (tertiary/aromatic N) is 1. The van der Waals surface area contributed by atoms with Crippen LogP contribution in [0.3, 0.4) is 0 Å². The third-order valence-corrected chi connectivity index (χ3v) is 3.93. The molecule has 0 saturated carbocycles. The molecule has 0 heterocycles. The molecule has 0 saturated heterocycles. The monoisotopic (exact) mass is 404 g/mol. The number of carbonyl (C=O) groups is 1. The number of hydrogen-bond donors (Lipinski definition) is 3. The van der Waals surface area contributed by atoms with Crippen molar-refractivity contribution in [3.8, 4) is 5.75 Å². The SMILES string of the molecule is COc1cccc(NC(N)=NCCC(=O)Nc2cc(Br)ccc2C)c1. The van der Waals surface area contributed by atoms with Gasteiger partial charge in [0.25, 0.3) is 0 Å². The summed E-state index contributed by atoms with van der Waals surface area (Å²) >= 11 is 3.39. The molecule has 25 heavy (non-hydrogen) atoms. The van der Waals surface area contributed by atoms with Crippen LogP contribution in [0.4, 0.5) is 11.4 Å². The Morgan fingerprint density at radius 2 is 2.04 bits per heavy atom. The van der Waals surface area contributed by atoms with Gasteiger partial charge in [0.05, 0.1) is 13.7 Å². The highest BCUT2D eigenvalue weighted by Crippen LogP contribution is 2.20. The second-order valence-electron chi connectivity index (χ2n) is 5.38. The normalized spacial score (nSPS) is 11.1. The number of nitrogens with two attached hydrogens (primary N) is 1. The van der Waals surface area contributed by atoms with Crippen LogP contribution in [-0.2, 0) is 4.79 Å². The Hall–Kier alpha value is -2.54. The Bertz CT molecular complexity index is 777. The van der Waals surface area contributed by atoms with E-state index in [1.54, 1.807) is 7.11 Å². The van der Waals surface area contributed by atoms with Gasteiger partial charge in [-0.15, -0.1) is 0 Å². The van der Waals surface area contributed by atoms with Crippen molar-refractivity contribution in [3.63, 3.8) is 0 Å². The van der Waals surface area contributed by atoms with Crippen molar-refractivity contribution in [3.05, 3.63) is 52.5 Å². The number of benzene rings is 2. The molecule has 2 rings (SSSR count). The van der Waals surface area contributed by atoms with E-state index in [2.05, 4.69) is 31.6 Å². The molecule has 0 aliphatic carbocycles. The molecule has 0 unspecified atom stereocenters. The Morgan fingerprint density at radius 3 is 2.80 bits per heavy atom. The quantitative estimate of drug-likeness (QED) is 0.507. The van der Waals surface area contributed by atoms with Gasteiger partial charge in [-0.3, -0.25) is 9.79 Å². The van der Waals surface area contributed by atoms with Crippen molar-refractivity contribution >= 4 is 39.2 Å². The Balaban J connectivity index is 1.84. The van der Waals surface area contributed by atoms with Crippen molar-refractivity contribution < 1.29 is 9.53 Å². The molecular weight excluding hydrogens is 384 g/mol. The summed E-state index contributed by atoms with van der Waals surface area (Å²) in [6.07, 6.45) is 0.243. The highest BCUT2D eigenvalue weighted by molar-refractivity contribution is 9.10. The van der Waals surface area contributed by atoms with Crippen LogP contribution in [0.15, 0.2) is 51.9 Å². The fourth-order valence-corrected chi connectivity index (χ4v) is 2.47. The molecule has 4 N–H and O–H groups in total. The molecule has 0 aliphatic heterocycles. The highest BCUT2D eigenvalue weighted by atomic mass is 79.9. The standard InChI is InChI=1S/C18H21BrN4O2/c1-12-6-7-13(19)10-16(12)23-17(24)8-9-21-18(20)22-14-4-3-5-15(11-14)25-2/h3-7,10-11H,8-9H2,1-2H3,(H,23,24)(H3,20,21,22). The van der Waals surface area contributed by atoms with Crippen LogP contribution >= 0.6 is 15.9 Å². The lowest BCUT2D eigenvalue weighted by atomic mass is 10.2. The summed E-state index contributed by atoms with van der Waals surface area (Å²) in [6, 6.07) is 13.1. The fraction of sp³-hybridized carbons (Fsp3) is 0.222. The lowest BCUT2D eigenvalue weighted by Crippen LogP contribution is -2.23. The number of amides is 1. The zero-order chi connectivity index (χ0) is 18.2. The summed E-state index contributed by atoms with van der Waals surface area (Å²) in [5.41, 5.74) is 8.40. The van der Waals surface area contributed by atoms with E-state index in [4.69, 9.17) is 10.5 Å². The van der Waals surface area contributed by atoms with Crippen LogP contribution < -0.4 is 21.1 Å².